The summed E-state index contributed by atoms with van der Waals surface area (Å²) in [5.41, 5.74) is 1.15. The second-order valence-corrected chi connectivity index (χ2v) is 4.68. The molecule has 1 amide bonds. The number of carbonyl (C=O) groups is 1. The Bertz CT molecular complexity index is 386. The van der Waals surface area contributed by atoms with Crippen molar-refractivity contribution in [2.45, 2.75) is 32.1 Å². The molecule has 2 unspecified atom stereocenters. The molecule has 1 saturated carbocycles. The number of nitrogens with one attached hydrogen (secondary N) is 1. The van der Waals surface area contributed by atoms with Crippen molar-refractivity contribution in [3.63, 3.8) is 0 Å². The van der Waals surface area contributed by atoms with Crippen LogP contribution < -0.4 is 5.32 Å². The number of rotatable bonds is 5. The van der Waals surface area contributed by atoms with Crippen LogP contribution in [0.15, 0.2) is 24.3 Å². The predicted octanol–water partition coefficient (Wildman–Crippen LogP) is 2.41. The summed E-state index contributed by atoms with van der Waals surface area (Å²) in [4.78, 5) is 11.8. The summed E-state index contributed by atoms with van der Waals surface area (Å²) in [5.74, 6) is 0.934. The number of aromatic hydroxyl groups is 1. The molecule has 1 aliphatic rings. The van der Waals surface area contributed by atoms with Crippen molar-refractivity contribution in [2.24, 2.45) is 5.92 Å². The van der Waals surface area contributed by atoms with Crippen molar-refractivity contribution in [3.8, 4) is 5.75 Å². The lowest BCUT2D eigenvalue weighted by Crippen LogP contribution is -2.26. The Labute approximate surface area is 102 Å². The van der Waals surface area contributed by atoms with E-state index in [9.17, 15) is 9.90 Å². The lowest BCUT2D eigenvalue weighted by molar-refractivity contribution is -0.122. The average molecular weight is 233 g/mol. The van der Waals surface area contributed by atoms with Crippen molar-refractivity contribution >= 4 is 5.91 Å². The molecule has 0 radical (unpaired) electrons. The maximum absolute atomic E-state index is 11.8. The molecule has 2 N–H and O–H groups in total. The highest BCUT2D eigenvalue weighted by Crippen LogP contribution is 2.47. The molecule has 2 atom stereocenters. The molecule has 17 heavy (non-hydrogen) atoms. The van der Waals surface area contributed by atoms with Crippen LogP contribution in [0.3, 0.4) is 0 Å². The second kappa shape index (κ2) is 5.21. The molecule has 3 nitrogen and oxygen atoms in total. The normalized spacial score (nSPS) is 22.2. The molecule has 3 heteroatoms. The molecular weight excluding hydrogens is 214 g/mol. The molecule has 0 spiro atoms. The smallest absolute Gasteiger partial charge is 0.223 e. The molecule has 0 saturated heterocycles. The predicted molar refractivity (Wildman–Crippen MR) is 66.9 cm³/mol. The number of hydrogen-bond donors (Lipinski definition) is 2. The summed E-state index contributed by atoms with van der Waals surface area (Å²) in [5, 5.41) is 12.2. The lowest BCUT2D eigenvalue weighted by Gasteiger charge is -2.04. The van der Waals surface area contributed by atoms with Gasteiger partial charge in [0.1, 0.15) is 5.75 Å². The third-order valence-electron chi connectivity index (χ3n) is 3.28. The van der Waals surface area contributed by atoms with Crippen LogP contribution in [0.5, 0.6) is 5.75 Å². The number of amides is 1. The molecule has 0 aliphatic heterocycles. The van der Waals surface area contributed by atoms with Gasteiger partial charge in [-0.1, -0.05) is 25.5 Å². The molecule has 1 fully saturated rings. The van der Waals surface area contributed by atoms with Gasteiger partial charge in [0.2, 0.25) is 5.91 Å². The summed E-state index contributed by atoms with van der Waals surface area (Å²) in [6.07, 6.45) is 3.08. The molecular formula is C14H19NO2. The van der Waals surface area contributed by atoms with Crippen LogP contribution in [0.1, 0.15) is 37.7 Å². The Hall–Kier alpha value is -1.51. The van der Waals surface area contributed by atoms with Gasteiger partial charge in [-0.2, -0.15) is 0 Å². The quantitative estimate of drug-likeness (QED) is 0.767. The highest BCUT2D eigenvalue weighted by Gasteiger charge is 2.43. The standard InChI is InChI=1S/C14H19NO2/c1-2-3-8-15-14(17)13-9-12(13)10-4-6-11(16)7-5-10/h4-7,12-13,16H,2-3,8-9H2,1H3,(H,15,17). The molecule has 2 rings (SSSR count). The van der Waals surface area contributed by atoms with Crippen molar-refractivity contribution < 1.29 is 9.90 Å². The number of phenolic OH excluding ortho intramolecular Hbond substituents is 1. The van der Waals surface area contributed by atoms with Gasteiger partial charge < -0.3 is 10.4 Å². The molecule has 1 aliphatic carbocycles. The van der Waals surface area contributed by atoms with Crippen LogP contribution in [-0.4, -0.2) is 17.6 Å². The van der Waals surface area contributed by atoms with E-state index in [0.29, 0.717) is 5.92 Å². The van der Waals surface area contributed by atoms with Crippen molar-refractivity contribution in [3.05, 3.63) is 29.8 Å². The minimum Gasteiger partial charge on any atom is -0.508 e. The molecule has 1 aromatic rings. The number of benzene rings is 1. The van der Waals surface area contributed by atoms with Gasteiger partial charge in [-0.3, -0.25) is 4.79 Å². The number of unbranched alkanes of at least 4 members (excludes halogenated alkanes) is 1. The average Bonchev–Trinajstić information content (AvgIpc) is 3.10. The zero-order chi connectivity index (χ0) is 12.3. The third kappa shape index (κ3) is 2.99. The Morgan fingerprint density at radius 1 is 1.41 bits per heavy atom. The molecule has 0 bridgehead atoms. The van der Waals surface area contributed by atoms with E-state index in [2.05, 4.69) is 12.2 Å². The minimum absolute atomic E-state index is 0.136. The van der Waals surface area contributed by atoms with Gasteiger partial charge >= 0.3 is 0 Å². The van der Waals surface area contributed by atoms with Gasteiger partial charge in [-0.05, 0) is 36.5 Å². The summed E-state index contributed by atoms with van der Waals surface area (Å²) < 4.78 is 0. The first-order valence-corrected chi connectivity index (χ1v) is 6.29. The maximum atomic E-state index is 11.8. The Morgan fingerprint density at radius 3 is 2.76 bits per heavy atom. The topological polar surface area (TPSA) is 49.3 Å². The molecule has 92 valence electrons. The third-order valence-corrected chi connectivity index (χ3v) is 3.28. The van der Waals surface area contributed by atoms with Crippen molar-refractivity contribution in [1.82, 2.24) is 5.32 Å². The van der Waals surface area contributed by atoms with E-state index in [0.717, 1.165) is 31.4 Å². The number of hydrogen-bond acceptors (Lipinski definition) is 2. The van der Waals surface area contributed by atoms with Gasteiger partial charge in [-0.25, -0.2) is 0 Å². The van der Waals surface area contributed by atoms with Crippen LogP contribution in [0.25, 0.3) is 0 Å². The fourth-order valence-electron chi connectivity index (χ4n) is 2.09. The summed E-state index contributed by atoms with van der Waals surface area (Å²) >= 11 is 0. The SMILES string of the molecule is CCCCNC(=O)C1CC1c1ccc(O)cc1. The first-order chi connectivity index (χ1) is 8.22. The highest BCUT2D eigenvalue weighted by molar-refractivity contribution is 5.82. The molecule has 0 heterocycles. The minimum atomic E-state index is 0.136. The molecule has 0 aromatic heterocycles. The summed E-state index contributed by atoms with van der Waals surface area (Å²) in [7, 11) is 0. The van der Waals surface area contributed by atoms with Crippen LogP contribution in [0.2, 0.25) is 0 Å². The van der Waals surface area contributed by atoms with E-state index in [-0.39, 0.29) is 17.6 Å². The van der Waals surface area contributed by atoms with E-state index >= 15 is 0 Å². The first kappa shape index (κ1) is 12.0. The van der Waals surface area contributed by atoms with Gasteiger partial charge in [0, 0.05) is 12.5 Å². The second-order valence-electron chi connectivity index (χ2n) is 4.68. The Morgan fingerprint density at radius 2 is 2.12 bits per heavy atom. The summed E-state index contributed by atoms with van der Waals surface area (Å²) in [6.45, 7) is 2.90. The van der Waals surface area contributed by atoms with Crippen LogP contribution >= 0.6 is 0 Å². The van der Waals surface area contributed by atoms with E-state index in [1.165, 1.54) is 0 Å². The fourth-order valence-corrected chi connectivity index (χ4v) is 2.09. The van der Waals surface area contributed by atoms with Crippen molar-refractivity contribution in [2.75, 3.05) is 6.54 Å². The van der Waals surface area contributed by atoms with Crippen LogP contribution in [-0.2, 0) is 4.79 Å². The van der Waals surface area contributed by atoms with E-state index < -0.39 is 0 Å². The highest BCUT2D eigenvalue weighted by atomic mass is 16.3. The lowest BCUT2D eigenvalue weighted by atomic mass is 10.1. The monoisotopic (exact) mass is 233 g/mol. The zero-order valence-corrected chi connectivity index (χ0v) is 10.1. The van der Waals surface area contributed by atoms with Crippen LogP contribution in [0.4, 0.5) is 0 Å². The fraction of sp³-hybridized carbons (Fsp3) is 0.500. The van der Waals surface area contributed by atoms with Gasteiger partial charge in [0.05, 0.1) is 0 Å². The first-order valence-electron chi connectivity index (χ1n) is 6.29. The zero-order valence-electron chi connectivity index (χ0n) is 10.1. The molecule has 1 aromatic carbocycles. The van der Waals surface area contributed by atoms with Gasteiger partial charge in [0.15, 0.2) is 0 Å². The number of carbonyl (C=O) groups excluding carboxylic acids is 1. The van der Waals surface area contributed by atoms with E-state index in [1.54, 1.807) is 12.1 Å². The van der Waals surface area contributed by atoms with E-state index in [1.807, 2.05) is 12.1 Å². The largest absolute Gasteiger partial charge is 0.508 e. The maximum Gasteiger partial charge on any atom is 0.223 e. The number of phenols is 1. The van der Waals surface area contributed by atoms with E-state index in [4.69, 9.17) is 0 Å². The summed E-state index contributed by atoms with van der Waals surface area (Å²) in [6, 6.07) is 7.16. The van der Waals surface area contributed by atoms with Crippen molar-refractivity contribution in [1.29, 1.82) is 0 Å². The van der Waals surface area contributed by atoms with Gasteiger partial charge in [-0.15, -0.1) is 0 Å². The van der Waals surface area contributed by atoms with Crippen LogP contribution in [0, 0.1) is 5.92 Å². The Balaban J connectivity index is 1.83. The van der Waals surface area contributed by atoms with Gasteiger partial charge in [0.25, 0.3) is 0 Å². The Kier molecular flexibility index (Phi) is 3.67.